The molecule has 1 fully saturated rings. The summed E-state index contributed by atoms with van der Waals surface area (Å²) in [6.07, 6.45) is 6.75. The van der Waals surface area contributed by atoms with Gasteiger partial charge in [-0.25, -0.2) is 9.37 Å². The largest absolute Gasteiger partial charge is 0.381 e. The standard InChI is InChI=1S/C26H30ClFN4/c1-2-21-22(7-4-8-25(21)30-15-17-5-3-6-18(28)13-17)23-14-26(31-16-24(23)27)32-20-11-9-19(29)10-12-20/h3-8,13-14,16,19-20,30H,2,9-12,15,29H2,1H3,(H,31,32). The summed E-state index contributed by atoms with van der Waals surface area (Å²) in [5, 5.41) is 7.66. The Kier molecular flexibility index (Phi) is 7.28. The van der Waals surface area contributed by atoms with E-state index in [-0.39, 0.29) is 5.82 Å². The maximum Gasteiger partial charge on any atom is 0.126 e. The highest BCUT2D eigenvalue weighted by Crippen LogP contribution is 2.36. The second-order valence-electron chi connectivity index (χ2n) is 8.47. The van der Waals surface area contributed by atoms with Gasteiger partial charge < -0.3 is 16.4 Å². The molecule has 32 heavy (non-hydrogen) atoms. The molecule has 1 saturated carbocycles. The SMILES string of the molecule is CCc1c(NCc2cccc(F)c2)cccc1-c1cc(NC2CCC(N)CC2)ncc1Cl. The third-order valence-corrected chi connectivity index (χ3v) is 6.47. The molecule has 1 aromatic heterocycles. The molecule has 2 aromatic carbocycles. The number of benzene rings is 2. The van der Waals surface area contributed by atoms with Gasteiger partial charge in [-0.3, -0.25) is 0 Å². The van der Waals surface area contributed by atoms with Crippen LogP contribution in [0.25, 0.3) is 11.1 Å². The van der Waals surface area contributed by atoms with Gasteiger partial charge in [0.1, 0.15) is 11.6 Å². The van der Waals surface area contributed by atoms with Crippen LogP contribution in [0.4, 0.5) is 15.9 Å². The molecule has 0 aliphatic heterocycles. The summed E-state index contributed by atoms with van der Waals surface area (Å²) in [5.74, 6) is 0.613. The van der Waals surface area contributed by atoms with Gasteiger partial charge in [-0.1, -0.05) is 42.8 Å². The van der Waals surface area contributed by atoms with Crippen LogP contribution in [0.15, 0.2) is 54.7 Å². The summed E-state index contributed by atoms with van der Waals surface area (Å²) < 4.78 is 13.5. The van der Waals surface area contributed by atoms with Crippen molar-refractivity contribution < 1.29 is 4.39 Å². The summed E-state index contributed by atoms with van der Waals surface area (Å²) in [6.45, 7) is 2.68. The highest BCUT2D eigenvalue weighted by Gasteiger charge is 2.19. The predicted molar refractivity (Wildman–Crippen MR) is 132 cm³/mol. The first-order valence-corrected chi connectivity index (χ1v) is 11.7. The van der Waals surface area contributed by atoms with Crippen molar-refractivity contribution in [2.24, 2.45) is 5.73 Å². The van der Waals surface area contributed by atoms with E-state index in [2.05, 4.69) is 34.7 Å². The van der Waals surface area contributed by atoms with Crippen LogP contribution in [-0.4, -0.2) is 17.1 Å². The number of hydrogen-bond donors (Lipinski definition) is 3. The van der Waals surface area contributed by atoms with Crippen LogP contribution in [0.3, 0.4) is 0 Å². The van der Waals surface area contributed by atoms with Crippen molar-refractivity contribution in [2.45, 2.75) is 57.7 Å². The number of nitrogens with zero attached hydrogens (tertiary/aromatic N) is 1. The topological polar surface area (TPSA) is 63.0 Å². The van der Waals surface area contributed by atoms with Gasteiger partial charge >= 0.3 is 0 Å². The van der Waals surface area contributed by atoms with E-state index in [1.807, 2.05) is 18.2 Å². The van der Waals surface area contributed by atoms with E-state index < -0.39 is 0 Å². The minimum Gasteiger partial charge on any atom is -0.381 e. The lowest BCUT2D eigenvalue weighted by Crippen LogP contribution is -2.33. The molecule has 3 aromatic rings. The molecule has 0 spiro atoms. The summed E-state index contributed by atoms with van der Waals surface area (Å²) in [7, 11) is 0. The maximum absolute atomic E-state index is 13.5. The second-order valence-corrected chi connectivity index (χ2v) is 8.88. The van der Waals surface area contributed by atoms with Crippen molar-refractivity contribution in [1.82, 2.24) is 4.98 Å². The Balaban J connectivity index is 1.57. The Hall–Kier alpha value is -2.63. The van der Waals surface area contributed by atoms with E-state index in [0.717, 1.165) is 60.3 Å². The molecule has 0 bridgehead atoms. The Bertz CT molecular complexity index is 1060. The maximum atomic E-state index is 13.5. The zero-order valence-corrected chi connectivity index (χ0v) is 19.1. The zero-order chi connectivity index (χ0) is 22.5. The lowest BCUT2D eigenvalue weighted by molar-refractivity contribution is 0.410. The van der Waals surface area contributed by atoms with Gasteiger partial charge in [0.05, 0.1) is 5.02 Å². The molecule has 0 radical (unpaired) electrons. The van der Waals surface area contributed by atoms with Crippen LogP contribution in [0.1, 0.15) is 43.7 Å². The van der Waals surface area contributed by atoms with Crippen LogP contribution < -0.4 is 16.4 Å². The smallest absolute Gasteiger partial charge is 0.126 e. The van der Waals surface area contributed by atoms with E-state index in [0.29, 0.717) is 23.7 Å². The first-order valence-electron chi connectivity index (χ1n) is 11.3. The van der Waals surface area contributed by atoms with E-state index >= 15 is 0 Å². The number of anilines is 2. The molecule has 1 aliphatic rings. The predicted octanol–water partition coefficient (Wildman–Crippen LogP) is 6.40. The van der Waals surface area contributed by atoms with Gasteiger partial charge in [0, 0.05) is 36.1 Å². The number of aromatic nitrogens is 1. The van der Waals surface area contributed by atoms with Gasteiger partial charge in [-0.05, 0) is 73.1 Å². The molecule has 4 N–H and O–H groups in total. The van der Waals surface area contributed by atoms with Crippen molar-refractivity contribution in [3.63, 3.8) is 0 Å². The van der Waals surface area contributed by atoms with Crippen molar-refractivity contribution in [2.75, 3.05) is 10.6 Å². The van der Waals surface area contributed by atoms with Crippen molar-refractivity contribution in [3.8, 4) is 11.1 Å². The van der Waals surface area contributed by atoms with Crippen LogP contribution in [0.5, 0.6) is 0 Å². The monoisotopic (exact) mass is 452 g/mol. The van der Waals surface area contributed by atoms with Crippen LogP contribution >= 0.6 is 11.6 Å². The Labute approximate surface area is 194 Å². The third kappa shape index (κ3) is 5.40. The molecule has 0 saturated heterocycles. The van der Waals surface area contributed by atoms with Gasteiger partial charge in [-0.15, -0.1) is 0 Å². The molecular formula is C26H30ClFN4. The summed E-state index contributed by atoms with van der Waals surface area (Å²) >= 11 is 6.60. The Morgan fingerprint density at radius 3 is 2.59 bits per heavy atom. The van der Waals surface area contributed by atoms with Gasteiger partial charge in [0.15, 0.2) is 0 Å². The lowest BCUT2D eigenvalue weighted by atomic mass is 9.92. The lowest BCUT2D eigenvalue weighted by Gasteiger charge is -2.27. The average molecular weight is 453 g/mol. The molecule has 0 unspecified atom stereocenters. The van der Waals surface area contributed by atoms with Crippen LogP contribution in [0.2, 0.25) is 5.02 Å². The number of rotatable bonds is 7. The van der Waals surface area contributed by atoms with Crippen molar-refractivity contribution in [1.29, 1.82) is 0 Å². The number of nitrogens with one attached hydrogen (secondary N) is 2. The molecule has 168 valence electrons. The first-order chi connectivity index (χ1) is 15.5. The average Bonchev–Trinajstić information content (AvgIpc) is 2.80. The van der Waals surface area contributed by atoms with E-state index in [9.17, 15) is 4.39 Å². The fourth-order valence-corrected chi connectivity index (χ4v) is 4.63. The van der Waals surface area contributed by atoms with Crippen LogP contribution in [-0.2, 0) is 13.0 Å². The number of pyridine rings is 1. The molecule has 6 heteroatoms. The summed E-state index contributed by atoms with van der Waals surface area (Å²) in [4.78, 5) is 4.51. The Morgan fingerprint density at radius 2 is 1.84 bits per heavy atom. The van der Waals surface area contributed by atoms with Crippen molar-refractivity contribution >= 4 is 23.1 Å². The fraction of sp³-hybridized carbons (Fsp3) is 0.346. The van der Waals surface area contributed by atoms with Gasteiger partial charge in [0.25, 0.3) is 0 Å². The van der Waals surface area contributed by atoms with Gasteiger partial charge in [-0.2, -0.15) is 0 Å². The third-order valence-electron chi connectivity index (χ3n) is 6.17. The van der Waals surface area contributed by atoms with E-state index in [4.69, 9.17) is 17.3 Å². The van der Waals surface area contributed by atoms with E-state index in [1.54, 1.807) is 18.3 Å². The number of nitrogens with two attached hydrogens (primary N) is 1. The highest BCUT2D eigenvalue weighted by atomic mass is 35.5. The molecule has 4 rings (SSSR count). The van der Waals surface area contributed by atoms with Crippen LogP contribution in [0, 0.1) is 5.82 Å². The number of halogens is 2. The summed E-state index contributed by atoms with van der Waals surface area (Å²) in [5.41, 5.74) is 11.2. The van der Waals surface area contributed by atoms with Gasteiger partial charge in [0.2, 0.25) is 0 Å². The summed E-state index contributed by atoms with van der Waals surface area (Å²) in [6, 6.07) is 15.6. The number of hydrogen-bond acceptors (Lipinski definition) is 4. The molecular weight excluding hydrogens is 423 g/mol. The minimum atomic E-state index is -0.225. The highest BCUT2D eigenvalue weighted by molar-refractivity contribution is 6.33. The Morgan fingerprint density at radius 1 is 1.06 bits per heavy atom. The molecule has 4 nitrogen and oxygen atoms in total. The molecule has 0 atom stereocenters. The van der Waals surface area contributed by atoms with E-state index in [1.165, 1.54) is 11.6 Å². The quantitative estimate of drug-likeness (QED) is 0.388. The zero-order valence-electron chi connectivity index (χ0n) is 18.4. The minimum absolute atomic E-state index is 0.225. The van der Waals surface area contributed by atoms with Crippen molar-refractivity contribution in [3.05, 3.63) is 76.7 Å². The molecule has 1 aliphatic carbocycles. The molecule has 1 heterocycles. The first kappa shape index (κ1) is 22.6. The molecule has 0 amide bonds. The fourth-order valence-electron chi connectivity index (χ4n) is 4.43. The second kappa shape index (κ2) is 10.3. The normalized spacial score (nSPS) is 18.4.